The fourth-order valence-electron chi connectivity index (χ4n) is 1.54. The van der Waals surface area contributed by atoms with Crippen molar-refractivity contribution in [3.63, 3.8) is 0 Å². The van der Waals surface area contributed by atoms with Crippen molar-refractivity contribution in [2.75, 3.05) is 6.54 Å². The third-order valence-electron chi connectivity index (χ3n) is 2.87. The number of alkyl halides is 3. The van der Waals surface area contributed by atoms with E-state index in [1.54, 1.807) is 0 Å². The highest BCUT2D eigenvalue weighted by molar-refractivity contribution is 5.26. The van der Waals surface area contributed by atoms with E-state index >= 15 is 0 Å². The Labute approximate surface area is 105 Å². The lowest BCUT2D eigenvalue weighted by Gasteiger charge is -2.17. The number of hydrogen-bond acceptors (Lipinski definition) is 2. The standard InChI is InChI=1S/C13H18F3NO/c1-3-12(18)8-17-9(2)10-4-6-11(7-5-10)13(14,15)16/h4-7,9,12,17-18H,3,8H2,1-2H3. The van der Waals surface area contributed by atoms with Gasteiger partial charge in [-0.25, -0.2) is 0 Å². The Kier molecular flexibility index (Phi) is 5.16. The Morgan fingerprint density at radius 3 is 2.22 bits per heavy atom. The number of halogens is 3. The molecule has 18 heavy (non-hydrogen) atoms. The van der Waals surface area contributed by atoms with Gasteiger partial charge < -0.3 is 10.4 Å². The molecular weight excluding hydrogens is 243 g/mol. The first-order valence-corrected chi connectivity index (χ1v) is 5.93. The minimum absolute atomic E-state index is 0.0894. The molecular formula is C13H18F3NO. The van der Waals surface area contributed by atoms with Crippen molar-refractivity contribution in [3.05, 3.63) is 35.4 Å². The Morgan fingerprint density at radius 2 is 1.78 bits per heavy atom. The number of nitrogens with one attached hydrogen (secondary N) is 1. The van der Waals surface area contributed by atoms with E-state index < -0.39 is 17.8 Å². The number of rotatable bonds is 5. The van der Waals surface area contributed by atoms with E-state index in [4.69, 9.17) is 0 Å². The first-order chi connectivity index (χ1) is 8.34. The van der Waals surface area contributed by atoms with E-state index in [9.17, 15) is 18.3 Å². The SMILES string of the molecule is CCC(O)CNC(C)c1ccc(C(F)(F)F)cc1. The summed E-state index contributed by atoms with van der Waals surface area (Å²) in [6.45, 7) is 4.15. The Morgan fingerprint density at radius 1 is 1.22 bits per heavy atom. The second kappa shape index (κ2) is 6.20. The van der Waals surface area contributed by atoms with Crippen LogP contribution in [0.25, 0.3) is 0 Å². The summed E-state index contributed by atoms with van der Waals surface area (Å²) in [6.07, 6.45) is -4.08. The second-order valence-electron chi connectivity index (χ2n) is 4.31. The molecule has 2 atom stereocenters. The summed E-state index contributed by atoms with van der Waals surface area (Å²) in [6, 6.07) is 4.97. The molecule has 5 heteroatoms. The highest BCUT2D eigenvalue weighted by atomic mass is 19.4. The Balaban J connectivity index is 2.62. The molecule has 102 valence electrons. The van der Waals surface area contributed by atoms with E-state index in [-0.39, 0.29) is 6.04 Å². The van der Waals surface area contributed by atoms with Gasteiger partial charge in [0.05, 0.1) is 11.7 Å². The lowest BCUT2D eigenvalue weighted by molar-refractivity contribution is -0.137. The van der Waals surface area contributed by atoms with Crippen LogP contribution in [0.5, 0.6) is 0 Å². The van der Waals surface area contributed by atoms with Gasteiger partial charge >= 0.3 is 6.18 Å². The van der Waals surface area contributed by atoms with Crippen molar-refractivity contribution in [1.82, 2.24) is 5.32 Å². The molecule has 2 nitrogen and oxygen atoms in total. The molecule has 0 heterocycles. The molecule has 0 radical (unpaired) electrons. The molecule has 1 rings (SSSR count). The van der Waals surface area contributed by atoms with Gasteiger partial charge in [0.15, 0.2) is 0 Å². The predicted octanol–water partition coefficient (Wildman–Crippen LogP) is 3.13. The molecule has 1 aromatic rings. The first kappa shape index (κ1) is 15.0. The molecule has 0 bridgehead atoms. The van der Waals surface area contributed by atoms with E-state index in [0.29, 0.717) is 13.0 Å². The lowest BCUT2D eigenvalue weighted by Crippen LogP contribution is -2.28. The van der Waals surface area contributed by atoms with Crippen LogP contribution in [0.15, 0.2) is 24.3 Å². The summed E-state index contributed by atoms with van der Waals surface area (Å²) in [5.74, 6) is 0. The van der Waals surface area contributed by atoms with Crippen molar-refractivity contribution < 1.29 is 18.3 Å². The van der Waals surface area contributed by atoms with Gasteiger partial charge in [-0.1, -0.05) is 19.1 Å². The molecule has 2 unspecified atom stereocenters. The van der Waals surface area contributed by atoms with Gasteiger partial charge in [-0.15, -0.1) is 0 Å². The molecule has 0 fully saturated rings. The van der Waals surface area contributed by atoms with E-state index in [1.165, 1.54) is 12.1 Å². The molecule has 0 aliphatic rings. The average Bonchev–Trinajstić information content (AvgIpc) is 2.34. The van der Waals surface area contributed by atoms with E-state index in [1.807, 2.05) is 13.8 Å². The maximum absolute atomic E-state index is 12.4. The number of benzene rings is 1. The molecule has 0 amide bonds. The van der Waals surface area contributed by atoms with E-state index in [2.05, 4.69) is 5.32 Å². The van der Waals surface area contributed by atoms with Crippen LogP contribution >= 0.6 is 0 Å². The van der Waals surface area contributed by atoms with Gasteiger partial charge in [-0.05, 0) is 31.0 Å². The molecule has 0 saturated carbocycles. The number of hydrogen-bond donors (Lipinski definition) is 2. The van der Waals surface area contributed by atoms with Crippen LogP contribution < -0.4 is 5.32 Å². The van der Waals surface area contributed by atoms with Crippen molar-refractivity contribution >= 4 is 0 Å². The quantitative estimate of drug-likeness (QED) is 0.853. The van der Waals surface area contributed by atoms with Crippen LogP contribution in [0.1, 0.15) is 37.4 Å². The van der Waals surface area contributed by atoms with Crippen LogP contribution in [-0.2, 0) is 6.18 Å². The highest BCUT2D eigenvalue weighted by Gasteiger charge is 2.30. The summed E-state index contributed by atoms with van der Waals surface area (Å²) in [5, 5.41) is 12.5. The minimum Gasteiger partial charge on any atom is -0.392 e. The second-order valence-corrected chi connectivity index (χ2v) is 4.31. The van der Waals surface area contributed by atoms with Crippen LogP contribution in [0, 0.1) is 0 Å². The minimum atomic E-state index is -4.30. The van der Waals surface area contributed by atoms with Gasteiger partial charge in [0, 0.05) is 12.6 Å². The Hall–Kier alpha value is -1.07. The van der Waals surface area contributed by atoms with Crippen molar-refractivity contribution in [2.45, 2.75) is 38.6 Å². The maximum Gasteiger partial charge on any atom is 0.416 e. The van der Waals surface area contributed by atoms with Gasteiger partial charge in [0.25, 0.3) is 0 Å². The molecule has 2 N–H and O–H groups in total. The molecule has 1 aromatic carbocycles. The predicted molar refractivity (Wildman–Crippen MR) is 64.2 cm³/mol. The molecule has 0 aliphatic carbocycles. The Bertz CT molecular complexity index is 361. The summed E-state index contributed by atoms with van der Waals surface area (Å²) in [7, 11) is 0. The third-order valence-corrected chi connectivity index (χ3v) is 2.87. The first-order valence-electron chi connectivity index (χ1n) is 5.93. The maximum atomic E-state index is 12.4. The zero-order valence-corrected chi connectivity index (χ0v) is 10.5. The molecule has 0 saturated heterocycles. The van der Waals surface area contributed by atoms with Crippen LogP contribution in [0.3, 0.4) is 0 Å². The van der Waals surface area contributed by atoms with Crippen LogP contribution in [0.4, 0.5) is 13.2 Å². The number of aliphatic hydroxyl groups is 1. The lowest BCUT2D eigenvalue weighted by atomic mass is 10.1. The van der Waals surface area contributed by atoms with E-state index in [0.717, 1.165) is 17.7 Å². The zero-order chi connectivity index (χ0) is 13.8. The van der Waals surface area contributed by atoms with Gasteiger partial charge in [-0.2, -0.15) is 13.2 Å². The normalized spacial score (nSPS) is 15.4. The van der Waals surface area contributed by atoms with Crippen LogP contribution in [0.2, 0.25) is 0 Å². The monoisotopic (exact) mass is 261 g/mol. The fraction of sp³-hybridized carbons (Fsp3) is 0.538. The van der Waals surface area contributed by atoms with Gasteiger partial charge in [0.1, 0.15) is 0 Å². The van der Waals surface area contributed by atoms with Crippen LogP contribution in [-0.4, -0.2) is 17.8 Å². The number of aliphatic hydroxyl groups excluding tert-OH is 1. The van der Waals surface area contributed by atoms with Gasteiger partial charge in [-0.3, -0.25) is 0 Å². The molecule has 0 aliphatic heterocycles. The highest BCUT2D eigenvalue weighted by Crippen LogP contribution is 2.29. The molecule has 0 aromatic heterocycles. The molecule has 0 spiro atoms. The van der Waals surface area contributed by atoms with Crippen molar-refractivity contribution in [1.29, 1.82) is 0 Å². The van der Waals surface area contributed by atoms with Crippen molar-refractivity contribution in [3.8, 4) is 0 Å². The van der Waals surface area contributed by atoms with Gasteiger partial charge in [0.2, 0.25) is 0 Å². The zero-order valence-electron chi connectivity index (χ0n) is 10.5. The average molecular weight is 261 g/mol. The topological polar surface area (TPSA) is 32.3 Å². The summed E-state index contributed by atoms with van der Waals surface area (Å²) in [4.78, 5) is 0. The van der Waals surface area contributed by atoms with Crippen molar-refractivity contribution in [2.24, 2.45) is 0 Å². The summed E-state index contributed by atoms with van der Waals surface area (Å²) >= 11 is 0. The fourth-order valence-corrected chi connectivity index (χ4v) is 1.54. The summed E-state index contributed by atoms with van der Waals surface area (Å²) < 4.78 is 37.1. The summed E-state index contributed by atoms with van der Waals surface area (Å²) in [5.41, 5.74) is 0.123. The largest absolute Gasteiger partial charge is 0.416 e. The third kappa shape index (κ3) is 4.31. The smallest absolute Gasteiger partial charge is 0.392 e.